The molecule has 0 saturated carbocycles. The lowest BCUT2D eigenvalue weighted by atomic mass is 10.3. The highest BCUT2D eigenvalue weighted by atomic mass is 15.5. The minimum atomic E-state index is 0.509. The predicted octanol–water partition coefficient (Wildman–Crippen LogP) is -0.204. The Labute approximate surface area is 53.4 Å². The fraction of sp³-hybridized carbons (Fsp3) is 0.400. The number of hydrogen-bond acceptors (Lipinski definition) is 3. The van der Waals surface area contributed by atoms with Crippen molar-refractivity contribution in [3.05, 3.63) is 11.3 Å². The second-order valence-electron chi connectivity index (χ2n) is 2.04. The smallest absolute Gasteiger partial charge is 0.150 e. The van der Waals surface area contributed by atoms with E-state index >= 15 is 0 Å². The van der Waals surface area contributed by atoms with Crippen molar-refractivity contribution in [3.8, 4) is 0 Å². The molecule has 4 nitrogen and oxygen atoms in total. The van der Waals surface area contributed by atoms with E-state index in [1.165, 1.54) is 4.79 Å². The molecule has 0 aliphatic heterocycles. The minimum Gasteiger partial charge on any atom is -0.382 e. The van der Waals surface area contributed by atoms with Gasteiger partial charge in [0.25, 0.3) is 0 Å². The van der Waals surface area contributed by atoms with Gasteiger partial charge in [0, 0.05) is 5.56 Å². The molecule has 1 aromatic heterocycles. The van der Waals surface area contributed by atoms with Crippen LogP contribution in [0.2, 0.25) is 0 Å². The Kier molecular flexibility index (Phi) is 1.09. The molecule has 4 heteroatoms. The van der Waals surface area contributed by atoms with Gasteiger partial charge in [0.2, 0.25) is 0 Å². The van der Waals surface area contributed by atoms with Crippen molar-refractivity contribution in [3.63, 3.8) is 0 Å². The standard InChI is InChI=1S/C5H10N4/c1-3-4(2)9(7)8-5(3)6/h7H2,1-2H3,(H2,6,8). The first kappa shape index (κ1) is 5.94. The van der Waals surface area contributed by atoms with E-state index in [-0.39, 0.29) is 0 Å². The van der Waals surface area contributed by atoms with Gasteiger partial charge in [0.05, 0.1) is 5.69 Å². The molecule has 0 aliphatic carbocycles. The number of nitrogen functional groups attached to an aromatic ring is 2. The Morgan fingerprint density at radius 3 is 2.11 bits per heavy atom. The molecule has 1 heterocycles. The highest BCUT2D eigenvalue weighted by Gasteiger charge is 2.03. The molecule has 9 heavy (non-hydrogen) atoms. The highest BCUT2D eigenvalue weighted by molar-refractivity contribution is 5.40. The third-order valence-electron chi connectivity index (χ3n) is 1.49. The van der Waals surface area contributed by atoms with Gasteiger partial charge >= 0.3 is 0 Å². The zero-order valence-electron chi connectivity index (χ0n) is 5.55. The van der Waals surface area contributed by atoms with Gasteiger partial charge in [-0.1, -0.05) is 0 Å². The third-order valence-corrected chi connectivity index (χ3v) is 1.49. The molecule has 0 spiro atoms. The summed E-state index contributed by atoms with van der Waals surface area (Å²) in [5, 5.41) is 3.78. The largest absolute Gasteiger partial charge is 0.382 e. The molecular formula is C5H10N4. The van der Waals surface area contributed by atoms with E-state index in [4.69, 9.17) is 11.6 Å². The van der Waals surface area contributed by atoms with Crippen LogP contribution >= 0.6 is 0 Å². The van der Waals surface area contributed by atoms with Crippen molar-refractivity contribution in [1.29, 1.82) is 0 Å². The monoisotopic (exact) mass is 126 g/mol. The minimum absolute atomic E-state index is 0.509. The van der Waals surface area contributed by atoms with Gasteiger partial charge in [-0.15, -0.1) is 5.10 Å². The summed E-state index contributed by atoms with van der Waals surface area (Å²) in [5.74, 6) is 5.88. The van der Waals surface area contributed by atoms with E-state index in [0.29, 0.717) is 5.82 Å². The maximum atomic E-state index is 5.43. The van der Waals surface area contributed by atoms with E-state index in [1.807, 2.05) is 13.8 Å². The maximum absolute atomic E-state index is 5.43. The second kappa shape index (κ2) is 1.65. The topological polar surface area (TPSA) is 69.9 Å². The van der Waals surface area contributed by atoms with Gasteiger partial charge in [-0.3, -0.25) is 0 Å². The maximum Gasteiger partial charge on any atom is 0.150 e. The summed E-state index contributed by atoms with van der Waals surface area (Å²) >= 11 is 0. The number of nitrogens with zero attached hydrogens (tertiary/aromatic N) is 2. The number of rotatable bonds is 0. The Hall–Kier alpha value is -1.19. The van der Waals surface area contributed by atoms with Gasteiger partial charge in [0.15, 0.2) is 5.82 Å². The van der Waals surface area contributed by atoms with Crippen molar-refractivity contribution < 1.29 is 0 Å². The Morgan fingerprint density at radius 2 is 2.00 bits per heavy atom. The van der Waals surface area contributed by atoms with Gasteiger partial charge in [-0.05, 0) is 13.8 Å². The summed E-state index contributed by atoms with van der Waals surface area (Å²) in [6.45, 7) is 3.76. The summed E-state index contributed by atoms with van der Waals surface area (Å²) in [7, 11) is 0. The summed E-state index contributed by atoms with van der Waals surface area (Å²) < 4.78 is 0. The molecule has 0 radical (unpaired) electrons. The number of anilines is 1. The van der Waals surface area contributed by atoms with Crippen molar-refractivity contribution >= 4 is 5.82 Å². The molecule has 0 aliphatic rings. The molecule has 1 rings (SSSR count). The predicted molar refractivity (Wildman–Crippen MR) is 36.3 cm³/mol. The molecule has 0 atom stereocenters. The molecule has 1 aromatic rings. The van der Waals surface area contributed by atoms with Crippen molar-refractivity contribution in [2.24, 2.45) is 0 Å². The Bertz CT molecular complexity index is 203. The molecule has 0 fully saturated rings. The van der Waals surface area contributed by atoms with Crippen LogP contribution in [0, 0.1) is 13.8 Å². The van der Waals surface area contributed by atoms with Crippen LogP contribution in [-0.2, 0) is 0 Å². The van der Waals surface area contributed by atoms with Crippen LogP contribution in [0.1, 0.15) is 11.3 Å². The average Bonchev–Trinajstić information content (AvgIpc) is 1.98. The first-order valence-electron chi connectivity index (χ1n) is 2.69. The zero-order valence-corrected chi connectivity index (χ0v) is 5.55. The van der Waals surface area contributed by atoms with Crippen molar-refractivity contribution in [2.45, 2.75) is 13.8 Å². The van der Waals surface area contributed by atoms with Gasteiger partial charge < -0.3 is 11.6 Å². The summed E-state index contributed by atoms with van der Waals surface area (Å²) in [6, 6.07) is 0. The Morgan fingerprint density at radius 1 is 1.44 bits per heavy atom. The lowest BCUT2D eigenvalue weighted by Crippen LogP contribution is -2.11. The molecule has 50 valence electrons. The van der Waals surface area contributed by atoms with E-state index < -0.39 is 0 Å². The van der Waals surface area contributed by atoms with E-state index in [9.17, 15) is 0 Å². The lowest BCUT2D eigenvalue weighted by Gasteiger charge is -1.90. The number of nitrogens with two attached hydrogens (primary N) is 2. The number of aromatic nitrogens is 2. The SMILES string of the molecule is Cc1c(N)nn(N)c1C. The molecule has 4 N–H and O–H groups in total. The van der Waals surface area contributed by atoms with Gasteiger partial charge in [-0.2, -0.15) is 4.79 Å². The highest BCUT2D eigenvalue weighted by Crippen LogP contribution is 2.10. The third kappa shape index (κ3) is 0.718. The zero-order chi connectivity index (χ0) is 7.02. The number of hydrogen-bond donors (Lipinski definition) is 2. The quantitative estimate of drug-likeness (QED) is 0.473. The van der Waals surface area contributed by atoms with Crippen molar-refractivity contribution in [1.82, 2.24) is 9.89 Å². The van der Waals surface area contributed by atoms with E-state index in [2.05, 4.69) is 5.10 Å². The normalized spacial score (nSPS) is 10.0. The Balaban J connectivity index is 3.29. The fourth-order valence-corrected chi connectivity index (χ4v) is 0.623. The molecule has 0 unspecified atom stereocenters. The first-order valence-corrected chi connectivity index (χ1v) is 2.69. The van der Waals surface area contributed by atoms with Gasteiger partial charge in [-0.25, -0.2) is 0 Å². The second-order valence-corrected chi connectivity index (χ2v) is 2.04. The van der Waals surface area contributed by atoms with Crippen LogP contribution in [-0.4, -0.2) is 9.89 Å². The van der Waals surface area contributed by atoms with Crippen molar-refractivity contribution in [2.75, 3.05) is 11.6 Å². The summed E-state index contributed by atoms with van der Waals surface area (Å²) in [4.78, 5) is 1.28. The van der Waals surface area contributed by atoms with Crippen LogP contribution in [0.15, 0.2) is 0 Å². The fourth-order valence-electron chi connectivity index (χ4n) is 0.623. The summed E-state index contributed by atoms with van der Waals surface area (Å²) in [5.41, 5.74) is 7.30. The molecule has 0 aromatic carbocycles. The lowest BCUT2D eigenvalue weighted by molar-refractivity contribution is 0.803. The molecule has 0 amide bonds. The van der Waals surface area contributed by atoms with Crippen LogP contribution in [0.25, 0.3) is 0 Å². The van der Waals surface area contributed by atoms with E-state index in [0.717, 1.165) is 11.3 Å². The average molecular weight is 126 g/mol. The molecule has 0 saturated heterocycles. The van der Waals surface area contributed by atoms with Gasteiger partial charge in [0.1, 0.15) is 0 Å². The first-order chi connectivity index (χ1) is 4.13. The van der Waals surface area contributed by atoms with Crippen LogP contribution in [0.3, 0.4) is 0 Å². The molecular weight excluding hydrogens is 116 g/mol. The van der Waals surface area contributed by atoms with Crippen LogP contribution < -0.4 is 11.6 Å². The molecule has 0 bridgehead atoms. The van der Waals surface area contributed by atoms with Crippen LogP contribution in [0.4, 0.5) is 5.82 Å². The van der Waals surface area contributed by atoms with E-state index in [1.54, 1.807) is 0 Å². The summed E-state index contributed by atoms with van der Waals surface area (Å²) in [6.07, 6.45) is 0. The van der Waals surface area contributed by atoms with Crippen LogP contribution in [0.5, 0.6) is 0 Å².